The number of hydrogen-bond acceptors (Lipinski definition) is 5. The SMILES string of the molecule is O=C(NCCCC1=C(C(=O)O)N2C(=O)C[C@H]2S1)OCc1ccccc1. The van der Waals surface area contributed by atoms with Gasteiger partial charge in [0, 0.05) is 11.4 Å². The van der Waals surface area contributed by atoms with E-state index in [9.17, 15) is 19.5 Å². The van der Waals surface area contributed by atoms with Crippen molar-refractivity contribution in [2.24, 2.45) is 0 Å². The molecule has 0 radical (unpaired) electrons. The molecule has 0 bridgehead atoms. The van der Waals surface area contributed by atoms with Gasteiger partial charge in [-0.2, -0.15) is 0 Å². The van der Waals surface area contributed by atoms with E-state index in [-0.39, 0.29) is 23.6 Å². The van der Waals surface area contributed by atoms with Crippen LogP contribution in [0, 0.1) is 0 Å². The molecule has 3 rings (SSSR count). The fraction of sp³-hybridized carbons (Fsp3) is 0.353. The molecule has 2 heterocycles. The number of carbonyl (C=O) groups is 3. The number of nitrogens with zero attached hydrogens (tertiary/aromatic N) is 1. The van der Waals surface area contributed by atoms with Crippen LogP contribution in [-0.2, 0) is 20.9 Å². The van der Waals surface area contributed by atoms with Gasteiger partial charge in [-0.05, 0) is 18.4 Å². The number of fused-ring (bicyclic) bond motifs is 1. The van der Waals surface area contributed by atoms with Gasteiger partial charge >= 0.3 is 12.1 Å². The van der Waals surface area contributed by atoms with Crippen LogP contribution in [0.2, 0.25) is 0 Å². The van der Waals surface area contributed by atoms with E-state index in [0.29, 0.717) is 30.7 Å². The molecule has 2 aliphatic heterocycles. The minimum Gasteiger partial charge on any atom is -0.477 e. The topological polar surface area (TPSA) is 95.9 Å². The van der Waals surface area contributed by atoms with E-state index in [1.54, 1.807) is 0 Å². The van der Waals surface area contributed by atoms with Crippen LogP contribution in [0.4, 0.5) is 4.79 Å². The number of β-lactam (4-membered cyclic amide) rings is 1. The smallest absolute Gasteiger partial charge is 0.407 e. The number of carbonyl (C=O) groups excluding carboxylic acids is 2. The Morgan fingerprint density at radius 1 is 1.32 bits per heavy atom. The van der Waals surface area contributed by atoms with E-state index >= 15 is 0 Å². The highest BCUT2D eigenvalue weighted by molar-refractivity contribution is 8.04. The first-order chi connectivity index (χ1) is 12.1. The molecule has 1 atom stereocenters. The standard InChI is InChI=1S/C17H18N2O5S/c20-13-9-14-19(13)15(16(21)22)12(25-14)7-4-8-18-17(23)24-10-11-5-2-1-3-6-11/h1-3,5-6,14H,4,7-10H2,(H,18,23)(H,21,22)/t14-/m1/s1. The van der Waals surface area contributed by atoms with E-state index in [2.05, 4.69) is 5.32 Å². The van der Waals surface area contributed by atoms with Crippen LogP contribution in [0.5, 0.6) is 0 Å². The number of allylic oxidation sites excluding steroid dienone is 1. The molecule has 1 saturated heterocycles. The van der Waals surface area contributed by atoms with Crippen molar-refractivity contribution >= 4 is 29.7 Å². The van der Waals surface area contributed by atoms with Gasteiger partial charge in [-0.3, -0.25) is 9.69 Å². The summed E-state index contributed by atoms with van der Waals surface area (Å²) in [5.41, 5.74) is 1.00. The summed E-state index contributed by atoms with van der Waals surface area (Å²) in [5, 5.41) is 11.9. The largest absolute Gasteiger partial charge is 0.477 e. The monoisotopic (exact) mass is 362 g/mol. The summed E-state index contributed by atoms with van der Waals surface area (Å²) < 4.78 is 5.10. The number of amides is 2. The van der Waals surface area contributed by atoms with Gasteiger partial charge in [-0.15, -0.1) is 11.8 Å². The first-order valence-electron chi connectivity index (χ1n) is 7.96. The lowest BCUT2D eigenvalue weighted by atomic mass is 10.1. The van der Waals surface area contributed by atoms with E-state index in [1.165, 1.54) is 16.7 Å². The number of ether oxygens (including phenoxy) is 1. The third kappa shape index (κ3) is 3.96. The van der Waals surface area contributed by atoms with Crippen molar-refractivity contribution in [2.75, 3.05) is 6.54 Å². The number of carboxylic acids is 1. The van der Waals surface area contributed by atoms with Crippen LogP contribution >= 0.6 is 11.8 Å². The summed E-state index contributed by atoms with van der Waals surface area (Å²) in [6, 6.07) is 9.38. The Kier molecular flexibility index (Phi) is 5.28. The lowest BCUT2D eigenvalue weighted by Crippen LogP contribution is -2.48. The summed E-state index contributed by atoms with van der Waals surface area (Å²) in [7, 11) is 0. The maximum absolute atomic E-state index is 11.6. The van der Waals surface area contributed by atoms with E-state index in [1.807, 2.05) is 30.3 Å². The third-order valence-corrected chi connectivity index (χ3v) is 5.29. The molecular formula is C17H18N2O5S. The number of thioether (sulfide) groups is 1. The molecule has 7 nitrogen and oxygen atoms in total. The molecule has 0 aromatic heterocycles. The number of alkyl carbamates (subject to hydrolysis) is 1. The molecular weight excluding hydrogens is 344 g/mol. The van der Waals surface area contributed by atoms with E-state index < -0.39 is 12.1 Å². The van der Waals surface area contributed by atoms with Crippen LogP contribution in [0.25, 0.3) is 0 Å². The van der Waals surface area contributed by atoms with Gasteiger partial charge < -0.3 is 15.2 Å². The highest BCUT2D eigenvalue weighted by Gasteiger charge is 2.47. The molecule has 2 N–H and O–H groups in total. The summed E-state index contributed by atoms with van der Waals surface area (Å²) >= 11 is 1.43. The van der Waals surface area contributed by atoms with Gasteiger partial charge in [0.25, 0.3) is 0 Å². The lowest BCUT2D eigenvalue weighted by molar-refractivity contribution is -0.145. The summed E-state index contributed by atoms with van der Waals surface area (Å²) in [5.74, 6) is -1.22. The molecule has 1 aromatic carbocycles. The Morgan fingerprint density at radius 2 is 2.08 bits per heavy atom. The zero-order chi connectivity index (χ0) is 17.8. The molecule has 0 spiro atoms. The second kappa shape index (κ2) is 7.60. The normalized spacial score (nSPS) is 18.6. The Bertz CT molecular complexity index is 719. The number of hydrogen-bond donors (Lipinski definition) is 2. The van der Waals surface area contributed by atoms with Crippen LogP contribution < -0.4 is 5.32 Å². The molecule has 0 unspecified atom stereocenters. The van der Waals surface area contributed by atoms with Crippen LogP contribution in [0.3, 0.4) is 0 Å². The number of rotatable bonds is 7. The van der Waals surface area contributed by atoms with Crippen LogP contribution in [0.1, 0.15) is 24.8 Å². The minimum atomic E-state index is -1.08. The highest BCUT2D eigenvalue weighted by atomic mass is 32.2. The number of nitrogens with one attached hydrogen (secondary N) is 1. The third-order valence-electron chi connectivity index (χ3n) is 3.95. The number of aliphatic carboxylic acids is 1. The van der Waals surface area contributed by atoms with Crippen LogP contribution in [-0.4, -0.2) is 39.9 Å². The van der Waals surface area contributed by atoms with Crippen molar-refractivity contribution in [3.63, 3.8) is 0 Å². The highest BCUT2D eigenvalue weighted by Crippen LogP contribution is 2.47. The molecule has 0 aliphatic carbocycles. The Balaban J connectivity index is 1.40. The number of benzene rings is 1. The Hall–Kier alpha value is -2.48. The number of carboxylic acid groups (broad SMARTS) is 1. The van der Waals surface area contributed by atoms with Crippen molar-refractivity contribution in [1.29, 1.82) is 0 Å². The predicted octanol–water partition coefficient (Wildman–Crippen LogP) is 2.29. The predicted molar refractivity (Wildman–Crippen MR) is 91.4 cm³/mol. The van der Waals surface area contributed by atoms with Gasteiger partial charge in [-0.1, -0.05) is 30.3 Å². The summed E-state index contributed by atoms with van der Waals surface area (Å²) in [6.45, 7) is 0.582. The quantitative estimate of drug-likeness (QED) is 0.571. The van der Waals surface area contributed by atoms with Gasteiger partial charge in [-0.25, -0.2) is 9.59 Å². The fourth-order valence-corrected chi connectivity index (χ4v) is 4.16. The van der Waals surface area contributed by atoms with Crippen molar-refractivity contribution in [3.8, 4) is 0 Å². The molecule has 2 amide bonds. The Labute approximate surface area is 149 Å². The van der Waals surface area contributed by atoms with Crippen LogP contribution in [0.15, 0.2) is 40.9 Å². The molecule has 1 fully saturated rings. The first kappa shape index (κ1) is 17.3. The van der Waals surface area contributed by atoms with Gasteiger partial charge in [0.1, 0.15) is 12.3 Å². The molecule has 25 heavy (non-hydrogen) atoms. The van der Waals surface area contributed by atoms with Crippen molar-refractivity contribution in [3.05, 3.63) is 46.5 Å². The van der Waals surface area contributed by atoms with Gasteiger partial charge in [0.2, 0.25) is 5.91 Å². The molecule has 8 heteroatoms. The van der Waals surface area contributed by atoms with Crippen molar-refractivity contribution in [2.45, 2.75) is 31.2 Å². The maximum atomic E-state index is 11.6. The van der Waals surface area contributed by atoms with E-state index in [4.69, 9.17) is 4.74 Å². The Morgan fingerprint density at radius 3 is 2.76 bits per heavy atom. The van der Waals surface area contributed by atoms with Crippen molar-refractivity contribution in [1.82, 2.24) is 10.2 Å². The lowest BCUT2D eigenvalue weighted by Gasteiger charge is -2.33. The molecule has 0 saturated carbocycles. The first-order valence-corrected chi connectivity index (χ1v) is 8.84. The summed E-state index contributed by atoms with van der Waals surface area (Å²) in [4.78, 5) is 36.6. The molecule has 1 aromatic rings. The van der Waals surface area contributed by atoms with Gasteiger partial charge in [0.05, 0.1) is 11.8 Å². The van der Waals surface area contributed by atoms with Crippen molar-refractivity contribution < 1.29 is 24.2 Å². The molecule has 132 valence electrons. The summed E-state index contributed by atoms with van der Waals surface area (Å²) in [6.07, 6.45) is 0.962. The fourth-order valence-electron chi connectivity index (χ4n) is 2.72. The maximum Gasteiger partial charge on any atom is 0.407 e. The average molecular weight is 362 g/mol. The zero-order valence-electron chi connectivity index (χ0n) is 13.4. The minimum absolute atomic E-state index is 0.0719. The second-order valence-corrected chi connectivity index (χ2v) is 6.98. The van der Waals surface area contributed by atoms with E-state index in [0.717, 1.165) is 5.56 Å². The van der Waals surface area contributed by atoms with Gasteiger partial charge in [0.15, 0.2) is 0 Å². The molecule has 2 aliphatic rings. The average Bonchev–Trinajstić information content (AvgIpc) is 2.90. The zero-order valence-corrected chi connectivity index (χ0v) is 14.3. The second-order valence-electron chi connectivity index (χ2n) is 5.71.